The summed E-state index contributed by atoms with van der Waals surface area (Å²) >= 11 is 1.47. The summed E-state index contributed by atoms with van der Waals surface area (Å²) in [5.74, 6) is -0.162. The van der Waals surface area contributed by atoms with Crippen LogP contribution < -0.4 is 5.56 Å². The molecule has 0 bridgehead atoms. The van der Waals surface area contributed by atoms with Crippen LogP contribution >= 0.6 is 11.8 Å². The van der Waals surface area contributed by atoms with Crippen molar-refractivity contribution in [1.29, 1.82) is 0 Å². The normalized spacial score (nSPS) is 12.5. The molecule has 2 aromatic heterocycles. The first kappa shape index (κ1) is 14.6. The number of hydrogen-bond donors (Lipinski definition) is 1. The molecule has 1 unspecified atom stereocenters. The SMILES string of the molecule is Cc1ccc2nc(CSCC(C)C(=O)O)cc(=O)n2c1. The average molecular weight is 292 g/mol. The second-order valence-corrected chi connectivity index (χ2v) is 5.81. The lowest BCUT2D eigenvalue weighted by molar-refractivity contribution is -0.140. The van der Waals surface area contributed by atoms with Crippen molar-refractivity contribution in [3.8, 4) is 0 Å². The van der Waals surface area contributed by atoms with E-state index < -0.39 is 11.9 Å². The number of fused-ring (bicyclic) bond motifs is 1. The molecule has 0 aliphatic rings. The van der Waals surface area contributed by atoms with Crippen LogP contribution in [0.15, 0.2) is 29.2 Å². The van der Waals surface area contributed by atoms with Crippen LogP contribution in [0.4, 0.5) is 0 Å². The predicted molar refractivity (Wildman–Crippen MR) is 79.2 cm³/mol. The monoisotopic (exact) mass is 292 g/mol. The van der Waals surface area contributed by atoms with E-state index in [1.165, 1.54) is 22.2 Å². The fourth-order valence-corrected chi connectivity index (χ4v) is 2.71. The minimum absolute atomic E-state index is 0.111. The van der Waals surface area contributed by atoms with Gasteiger partial charge in [0.05, 0.1) is 11.6 Å². The van der Waals surface area contributed by atoms with Crippen molar-refractivity contribution in [3.05, 3.63) is 46.0 Å². The Morgan fingerprint density at radius 1 is 1.50 bits per heavy atom. The van der Waals surface area contributed by atoms with E-state index in [1.54, 1.807) is 13.1 Å². The molecule has 6 heteroatoms. The molecule has 2 heterocycles. The van der Waals surface area contributed by atoms with Crippen LogP contribution in [-0.4, -0.2) is 26.2 Å². The molecule has 0 aliphatic carbocycles. The second-order valence-electron chi connectivity index (χ2n) is 4.77. The number of hydrogen-bond acceptors (Lipinski definition) is 4. The zero-order valence-corrected chi connectivity index (χ0v) is 12.2. The van der Waals surface area contributed by atoms with E-state index in [-0.39, 0.29) is 5.56 Å². The maximum Gasteiger partial charge on any atom is 0.307 e. The topological polar surface area (TPSA) is 71.7 Å². The Morgan fingerprint density at radius 2 is 2.25 bits per heavy atom. The Balaban J connectivity index is 2.14. The highest BCUT2D eigenvalue weighted by Gasteiger charge is 2.11. The molecule has 0 aromatic carbocycles. The molecular weight excluding hydrogens is 276 g/mol. The third-order valence-corrected chi connectivity index (χ3v) is 4.14. The lowest BCUT2D eigenvalue weighted by Gasteiger charge is -2.07. The molecule has 5 nitrogen and oxygen atoms in total. The van der Waals surface area contributed by atoms with Gasteiger partial charge in [0.25, 0.3) is 5.56 Å². The summed E-state index contributed by atoms with van der Waals surface area (Å²) < 4.78 is 1.52. The van der Waals surface area contributed by atoms with Crippen LogP contribution in [0.1, 0.15) is 18.2 Å². The molecule has 0 radical (unpaired) electrons. The van der Waals surface area contributed by atoms with E-state index in [9.17, 15) is 9.59 Å². The smallest absolute Gasteiger partial charge is 0.307 e. The molecule has 0 saturated heterocycles. The molecule has 1 atom stereocenters. The van der Waals surface area contributed by atoms with E-state index >= 15 is 0 Å². The van der Waals surface area contributed by atoms with E-state index in [0.29, 0.717) is 22.8 Å². The van der Waals surface area contributed by atoms with Crippen molar-refractivity contribution in [1.82, 2.24) is 9.38 Å². The summed E-state index contributed by atoms with van der Waals surface area (Å²) in [5, 5.41) is 8.81. The number of aryl methyl sites for hydroxylation is 1. The van der Waals surface area contributed by atoms with Crippen molar-refractivity contribution in [2.75, 3.05) is 5.75 Å². The summed E-state index contributed by atoms with van der Waals surface area (Å²) in [5.41, 5.74) is 2.19. The average Bonchev–Trinajstić information content (AvgIpc) is 2.39. The molecular formula is C14H16N2O3S. The number of rotatable bonds is 5. The molecule has 20 heavy (non-hydrogen) atoms. The number of pyridine rings is 1. The Morgan fingerprint density at radius 3 is 2.95 bits per heavy atom. The summed E-state index contributed by atoms with van der Waals surface area (Å²) in [6.45, 7) is 3.59. The van der Waals surface area contributed by atoms with Crippen molar-refractivity contribution in [3.63, 3.8) is 0 Å². The lowest BCUT2D eigenvalue weighted by atomic mass is 10.2. The van der Waals surface area contributed by atoms with Gasteiger partial charge in [-0.25, -0.2) is 4.98 Å². The van der Waals surface area contributed by atoms with Gasteiger partial charge in [-0.3, -0.25) is 14.0 Å². The minimum Gasteiger partial charge on any atom is -0.481 e. The third kappa shape index (κ3) is 3.39. The molecule has 2 rings (SSSR count). The summed E-state index contributed by atoms with van der Waals surface area (Å²) in [7, 11) is 0. The highest BCUT2D eigenvalue weighted by Crippen LogP contribution is 2.14. The van der Waals surface area contributed by atoms with Crippen LogP contribution in [0.2, 0.25) is 0 Å². The van der Waals surface area contributed by atoms with Crippen LogP contribution in [0.25, 0.3) is 5.65 Å². The Hall–Kier alpha value is -1.82. The number of aliphatic carboxylic acids is 1. The van der Waals surface area contributed by atoms with Gasteiger partial charge in [0.15, 0.2) is 0 Å². The van der Waals surface area contributed by atoms with Gasteiger partial charge < -0.3 is 5.11 Å². The van der Waals surface area contributed by atoms with E-state index in [2.05, 4.69) is 4.98 Å². The summed E-state index contributed by atoms with van der Waals surface area (Å²) in [6, 6.07) is 5.22. The molecule has 0 amide bonds. The standard InChI is InChI=1S/C14H16N2O3S/c1-9-3-4-12-15-11(5-13(17)16(12)6-9)8-20-7-10(2)14(18)19/h3-6,10H,7-8H2,1-2H3,(H,18,19). The largest absolute Gasteiger partial charge is 0.481 e. The van der Waals surface area contributed by atoms with Crippen molar-refractivity contribution in [2.45, 2.75) is 19.6 Å². The van der Waals surface area contributed by atoms with Gasteiger partial charge in [-0.05, 0) is 18.6 Å². The molecule has 1 N–H and O–H groups in total. The first-order chi connectivity index (χ1) is 9.47. The van der Waals surface area contributed by atoms with Gasteiger partial charge in [0.2, 0.25) is 0 Å². The molecule has 0 spiro atoms. The van der Waals surface area contributed by atoms with Gasteiger partial charge in [-0.2, -0.15) is 11.8 Å². The van der Waals surface area contributed by atoms with Crippen molar-refractivity contribution < 1.29 is 9.90 Å². The Labute approximate surface area is 120 Å². The first-order valence-electron chi connectivity index (χ1n) is 6.27. The van der Waals surface area contributed by atoms with Gasteiger partial charge in [-0.1, -0.05) is 13.0 Å². The summed E-state index contributed by atoms with van der Waals surface area (Å²) in [4.78, 5) is 27.1. The van der Waals surface area contributed by atoms with Gasteiger partial charge in [0.1, 0.15) is 5.65 Å². The zero-order chi connectivity index (χ0) is 14.7. The van der Waals surface area contributed by atoms with Gasteiger partial charge >= 0.3 is 5.97 Å². The van der Waals surface area contributed by atoms with E-state index in [1.807, 2.05) is 19.1 Å². The van der Waals surface area contributed by atoms with Crippen molar-refractivity contribution in [2.24, 2.45) is 5.92 Å². The summed E-state index contributed by atoms with van der Waals surface area (Å²) in [6.07, 6.45) is 1.76. The second kappa shape index (κ2) is 6.09. The number of aromatic nitrogens is 2. The molecule has 0 aliphatic heterocycles. The van der Waals surface area contributed by atoms with Gasteiger partial charge in [0, 0.05) is 23.8 Å². The highest BCUT2D eigenvalue weighted by atomic mass is 32.2. The highest BCUT2D eigenvalue weighted by molar-refractivity contribution is 7.98. The minimum atomic E-state index is -0.806. The molecule has 106 valence electrons. The molecule has 0 fully saturated rings. The number of nitrogens with zero attached hydrogens (tertiary/aromatic N) is 2. The number of carboxylic acid groups (broad SMARTS) is 1. The number of thioether (sulfide) groups is 1. The molecule has 0 saturated carbocycles. The third-order valence-electron chi connectivity index (χ3n) is 2.90. The zero-order valence-electron chi connectivity index (χ0n) is 11.4. The van der Waals surface area contributed by atoms with Crippen LogP contribution in [0.5, 0.6) is 0 Å². The maximum absolute atomic E-state index is 12.0. The van der Waals surface area contributed by atoms with Crippen molar-refractivity contribution >= 4 is 23.4 Å². The fraction of sp³-hybridized carbons (Fsp3) is 0.357. The maximum atomic E-state index is 12.0. The Kier molecular flexibility index (Phi) is 4.44. The fourth-order valence-electron chi connectivity index (χ4n) is 1.74. The quantitative estimate of drug-likeness (QED) is 0.912. The lowest BCUT2D eigenvalue weighted by Crippen LogP contribution is -2.16. The number of carboxylic acids is 1. The first-order valence-corrected chi connectivity index (χ1v) is 7.42. The Bertz CT molecular complexity index is 696. The van der Waals surface area contributed by atoms with Gasteiger partial charge in [-0.15, -0.1) is 0 Å². The van der Waals surface area contributed by atoms with E-state index in [0.717, 1.165) is 5.56 Å². The molecule has 2 aromatic rings. The van der Waals surface area contributed by atoms with Crippen LogP contribution in [0.3, 0.4) is 0 Å². The van der Waals surface area contributed by atoms with E-state index in [4.69, 9.17) is 5.11 Å². The van der Waals surface area contributed by atoms with Crippen LogP contribution in [-0.2, 0) is 10.5 Å². The number of carbonyl (C=O) groups is 1. The predicted octanol–water partition coefficient (Wildman–Crippen LogP) is 1.96. The van der Waals surface area contributed by atoms with Crippen LogP contribution in [0, 0.1) is 12.8 Å².